The topological polar surface area (TPSA) is 17.1 Å². The zero-order chi connectivity index (χ0) is 18.8. The van der Waals surface area contributed by atoms with Crippen LogP contribution in [-0.4, -0.2) is 5.78 Å². The lowest BCUT2D eigenvalue weighted by Crippen LogP contribution is -2.03. The number of aryl methyl sites for hydroxylation is 2. The number of rotatable bonds is 4. The third kappa shape index (κ3) is 3.41. The van der Waals surface area contributed by atoms with Crippen LogP contribution in [0.5, 0.6) is 0 Å². The fraction of sp³-hybridized carbons (Fsp3) is 0.0800. The molecule has 0 atom stereocenters. The van der Waals surface area contributed by atoms with E-state index in [9.17, 15) is 4.79 Å². The number of carbonyl (C=O) groups excluding carboxylic acids is 1. The molecule has 0 unspecified atom stereocenters. The molecule has 0 saturated heterocycles. The molecule has 27 heavy (non-hydrogen) atoms. The summed E-state index contributed by atoms with van der Waals surface area (Å²) in [7, 11) is 0. The minimum atomic E-state index is 0.0649. The Morgan fingerprint density at radius 2 is 1.33 bits per heavy atom. The Kier molecular flexibility index (Phi) is 4.83. The zero-order valence-corrected chi connectivity index (χ0v) is 16.2. The van der Waals surface area contributed by atoms with Gasteiger partial charge in [-0.1, -0.05) is 90.6 Å². The third-order valence-corrected chi connectivity index (χ3v) is 6.27. The van der Waals surface area contributed by atoms with Crippen LogP contribution >= 0.6 is 11.8 Å². The van der Waals surface area contributed by atoms with Crippen LogP contribution in [0.3, 0.4) is 0 Å². The van der Waals surface area contributed by atoms with Crippen LogP contribution in [0.15, 0.2) is 94.7 Å². The normalized spacial score (nSPS) is 10.9. The van der Waals surface area contributed by atoms with E-state index in [1.165, 1.54) is 16.0 Å². The molecule has 0 heterocycles. The van der Waals surface area contributed by atoms with Crippen LogP contribution in [0.2, 0.25) is 0 Å². The van der Waals surface area contributed by atoms with Gasteiger partial charge >= 0.3 is 0 Å². The summed E-state index contributed by atoms with van der Waals surface area (Å²) in [5, 5.41) is 2.27. The van der Waals surface area contributed by atoms with E-state index < -0.39 is 0 Å². The van der Waals surface area contributed by atoms with Crippen LogP contribution in [0.4, 0.5) is 0 Å². The Labute approximate surface area is 164 Å². The lowest BCUT2D eigenvalue weighted by atomic mass is 10.00. The molecular weight excluding hydrogens is 348 g/mol. The maximum Gasteiger partial charge on any atom is 0.194 e. The van der Waals surface area contributed by atoms with Gasteiger partial charge < -0.3 is 0 Å². The molecule has 0 N–H and O–H groups in total. The average molecular weight is 369 g/mol. The summed E-state index contributed by atoms with van der Waals surface area (Å²) in [6.45, 7) is 4.25. The average Bonchev–Trinajstić information content (AvgIpc) is 2.71. The molecule has 4 aromatic rings. The van der Waals surface area contributed by atoms with Gasteiger partial charge in [0.05, 0.1) is 0 Å². The van der Waals surface area contributed by atoms with E-state index in [2.05, 4.69) is 44.2 Å². The van der Waals surface area contributed by atoms with Gasteiger partial charge in [-0.25, -0.2) is 0 Å². The predicted molar refractivity (Wildman–Crippen MR) is 114 cm³/mol. The Bertz CT molecular complexity index is 1110. The number of hydrogen-bond donors (Lipinski definition) is 0. The Morgan fingerprint density at radius 1 is 0.667 bits per heavy atom. The smallest absolute Gasteiger partial charge is 0.194 e. The van der Waals surface area contributed by atoms with Gasteiger partial charge in [-0.05, 0) is 41.8 Å². The minimum Gasteiger partial charge on any atom is -0.289 e. The van der Waals surface area contributed by atoms with Crippen LogP contribution in [0, 0.1) is 13.8 Å². The van der Waals surface area contributed by atoms with E-state index in [4.69, 9.17) is 0 Å². The van der Waals surface area contributed by atoms with Crippen LogP contribution in [0.25, 0.3) is 10.8 Å². The standard InChI is InChI=1S/C25H20OS/c1-17-9-8-10-18(2)24(17)27-25-21-14-7-6-11-19(21)15-16-22(25)23(26)20-12-4-3-5-13-20/h3-16H,1-2H3. The molecule has 0 radical (unpaired) electrons. The van der Waals surface area contributed by atoms with Crippen LogP contribution in [0.1, 0.15) is 27.0 Å². The molecule has 0 aliphatic heterocycles. The van der Waals surface area contributed by atoms with Gasteiger partial charge in [-0.3, -0.25) is 4.79 Å². The monoisotopic (exact) mass is 368 g/mol. The van der Waals surface area contributed by atoms with E-state index in [0.717, 1.165) is 26.8 Å². The van der Waals surface area contributed by atoms with Crippen molar-refractivity contribution in [2.75, 3.05) is 0 Å². The van der Waals surface area contributed by atoms with Gasteiger partial charge in [0.2, 0.25) is 0 Å². The summed E-state index contributed by atoms with van der Waals surface area (Å²) < 4.78 is 0. The Hall–Kier alpha value is -2.84. The van der Waals surface area contributed by atoms with Crippen molar-refractivity contribution in [3.63, 3.8) is 0 Å². The van der Waals surface area contributed by atoms with Crippen molar-refractivity contribution in [3.05, 3.63) is 107 Å². The van der Waals surface area contributed by atoms with Crippen molar-refractivity contribution in [2.45, 2.75) is 23.6 Å². The molecule has 0 saturated carbocycles. The van der Waals surface area contributed by atoms with Gasteiger partial charge in [0.25, 0.3) is 0 Å². The first-order chi connectivity index (χ1) is 13.1. The van der Waals surface area contributed by atoms with E-state index in [1.807, 2.05) is 54.6 Å². The highest BCUT2D eigenvalue weighted by Crippen LogP contribution is 2.40. The van der Waals surface area contributed by atoms with Crippen LogP contribution < -0.4 is 0 Å². The zero-order valence-electron chi connectivity index (χ0n) is 15.4. The summed E-state index contributed by atoms with van der Waals surface area (Å²) in [4.78, 5) is 15.5. The van der Waals surface area contributed by atoms with E-state index in [0.29, 0.717) is 0 Å². The molecule has 132 valence electrons. The summed E-state index contributed by atoms with van der Waals surface area (Å²) in [6.07, 6.45) is 0. The highest BCUT2D eigenvalue weighted by Gasteiger charge is 2.18. The number of ketones is 1. The minimum absolute atomic E-state index is 0.0649. The highest BCUT2D eigenvalue weighted by molar-refractivity contribution is 7.99. The first kappa shape index (κ1) is 17.6. The molecule has 1 nitrogen and oxygen atoms in total. The number of carbonyl (C=O) groups is 1. The summed E-state index contributed by atoms with van der Waals surface area (Å²) in [5.74, 6) is 0.0649. The van der Waals surface area contributed by atoms with Crippen LogP contribution in [-0.2, 0) is 0 Å². The largest absolute Gasteiger partial charge is 0.289 e. The van der Waals surface area contributed by atoms with Crippen molar-refractivity contribution in [1.82, 2.24) is 0 Å². The molecule has 0 fully saturated rings. The summed E-state index contributed by atoms with van der Waals surface area (Å²) in [6, 6.07) is 28.1. The molecular formula is C25H20OS. The fourth-order valence-corrected chi connectivity index (χ4v) is 4.57. The number of hydrogen-bond acceptors (Lipinski definition) is 2. The first-order valence-electron chi connectivity index (χ1n) is 9.01. The molecule has 2 heteroatoms. The van der Waals surface area contributed by atoms with Gasteiger partial charge in [0, 0.05) is 20.9 Å². The molecule has 0 bridgehead atoms. The fourth-order valence-electron chi connectivity index (χ4n) is 3.34. The maximum atomic E-state index is 13.3. The summed E-state index contributed by atoms with van der Waals surface area (Å²) >= 11 is 1.70. The second-order valence-electron chi connectivity index (χ2n) is 6.68. The Morgan fingerprint density at radius 3 is 2.07 bits per heavy atom. The SMILES string of the molecule is Cc1cccc(C)c1Sc1c(C(=O)c2ccccc2)ccc2ccccc12. The second-order valence-corrected chi connectivity index (χ2v) is 7.70. The molecule has 4 aromatic carbocycles. The van der Waals surface area contributed by atoms with Crippen molar-refractivity contribution >= 4 is 28.3 Å². The molecule has 0 aromatic heterocycles. The predicted octanol–water partition coefficient (Wildman–Crippen LogP) is 6.84. The molecule has 0 aliphatic rings. The third-order valence-electron chi connectivity index (χ3n) is 4.77. The van der Waals surface area contributed by atoms with Gasteiger partial charge in [0.15, 0.2) is 5.78 Å². The van der Waals surface area contributed by atoms with Crippen molar-refractivity contribution in [1.29, 1.82) is 0 Å². The molecule has 0 aliphatic carbocycles. The lowest BCUT2D eigenvalue weighted by molar-refractivity contribution is 0.103. The van der Waals surface area contributed by atoms with Gasteiger partial charge in [-0.2, -0.15) is 0 Å². The Balaban J connectivity index is 1.92. The summed E-state index contributed by atoms with van der Waals surface area (Å²) in [5.41, 5.74) is 3.93. The molecule has 4 rings (SSSR count). The molecule has 0 spiro atoms. The van der Waals surface area contributed by atoms with E-state index >= 15 is 0 Å². The second kappa shape index (κ2) is 7.42. The number of fused-ring (bicyclic) bond motifs is 1. The quantitative estimate of drug-likeness (QED) is 0.367. The highest BCUT2D eigenvalue weighted by atomic mass is 32.2. The number of benzene rings is 4. The van der Waals surface area contributed by atoms with Crippen molar-refractivity contribution in [2.24, 2.45) is 0 Å². The van der Waals surface area contributed by atoms with Gasteiger partial charge in [-0.15, -0.1) is 0 Å². The van der Waals surface area contributed by atoms with E-state index in [1.54, 1.807) is 11.8 Å². The van der Waals surface area contributed by atoms with E-state index in [-0.39, 0.29) is 5.78 Å². The first-order valence-corrected chi connectivity index (χ1v) is 9.82. The lowest BCUT2D eigenvalue weighted by Gasteiger charge is -2.15. The van der Waals surface area contributed by atoms with Gasteiger partial charge in [0.1, 0.15) is 0 Å². The maximum absolute atomic E-state index is 13.3. The van der Waals surface area contributed by atoms with Crippen molar-refractivity contribution in [3.8, 4) is 0 Å². The van der Waals surface area contributed by atoms with Crippen molar-refractivity contribution < 1.29 is 4.79 Å². The molecule has 0 amide bonds.